The zero-order valence-electron chi connectivity index (χ0n) is 12.5. The van der Waals surface area contributed by atoms with Crippen molar-refractivity contribution >= 4 is 16.9 Å². The van der Waals surface area contributed by atoms with Crippen molar-refractivity contribution in [1.82, 2.24) is 19.9 Å². The lowest BCUT2D eigenvalue weighted by Gasteiger charge is -2.40. The Morgan fingerprint density at radius 2 is 2.15 bits per heavy atom. The second-order valence-corrected chi connectivity index (χ2v) is 5.59. The number of imidazole rings is 1. The number of aromatic nitrogens is 3. The molecule has 0 spiro atoms. The number of aryl methyl sites for hydroxylation is 1. The molecule has 1 saturated heterocycles. The highest BCUT2D eigenvalue weighted by atomic mass is 15.3. The van der Waals surface area contributed by atoms with Crippen LogP contribution >= 0.6 is 0 Å². The van der Waals surface area contributed by atoms with Crippen molar-refractivity contribution in [1.29, 1.82) is 0 Å². The van der Waals surface area contributed by atoms with Crippen LogP contribution in [0.2, 0.25) is 0 Å². The van der Waals surface area contributed by atoms with Crippen LogP contribution in [0.15, 0.2) is 18.6 Å². The molecular formula is C15H23N5. The largest absolute Gasteiger partial charge is 0.349 e. The summed E-state index contributed by atoms with van der Waals surface area (Å²) in [6, 6.07) is 3.07. The lowest BCUT2D eigenvalue weighted by atomic mass is 10.0. The summed E-state index contributed by atoms with van der Waals surface area (Å²) in [5, 5.41) is 3.63. The van der Waals surface area contributed by atoms with Crippen molar-refractivity contribution in [2.45, 2.75) is 38.8 Å². The highest BCUT2D eigenvalue weighted by molar-refractivity contribution is 5.86. The molecule has 2 atom stereocenters. The van der Waals surface area contributed by atoms with E-state index in [0.717, 1.165) is 42.8 Å². The summed E-state index contributed by atoms with van der Waals surface area (Å²) in [7, 11) is 2.03. The van der Waals surface area contributed by atoms with Gasteiger partial charge in [-0.2, -0.15) is 0 Å². The van der Waals surface area contributed by atoms with Crippen LogP contribution in [0.25, 0.3) is 11.0 Å². The summed E-state index contributed by atoms with van der Waals surface area (Å²) in [6.07, 6.45) is 6.03. The van der Waals surface area contributed by atoms with Crippen molar-refractivity contribution < 1.29 is 0 Å². The number of rotatable bonds is 3. The molecule has 2 aromatic rings. The van der Waals surface area contributed by atoms with E-state index in [1.807, 2.05) is 25.6 Å². The van der Waals surface area contributed by atoms with Gasteiger partial charge in [-0.3, -0.25) is 0 Å². The van der Waals surface area contributed by atoms with Gasteiger partial charge in [0, 0.05) is 38.4 Å². The van der Waals surface area contributed by atoms with Crippen LogP contribution < -0.4 is 10.2 Å². The molecule has 0 amide bonds. The van der Waals surface area contributed by atoms with Crippen LogP contribution in [0.4, 0.5) is 5.82 Å². The lowest BCUT2D eigenvalue weighted by molar-refractivity contribution is 0.377. The smallest absolute Gasteiger partial charge is 0.157 e. The molecule has 3 heterocycles. The Hall–Kier alpha value is -1.62. The van der Waals surface area contributed by atoms with E-state index in [1.165, 1.54) is 0 Å². The van der Waals surface area contributed by atoms with Crippen molar-refractivity contribution in [3.8, 4) is 0 Å². The number of hydrogen-bond acceptors (Lipinski definition) is 4. The number of nitrogens with zero attached hydrogens (tertiary/aromatic N) is 4. The molecule has 0 bridgehead atoms. The molecule has 5 heteroatoms. The quantitative estimate of drug-likeness (QED) is 0.928. The minimum atomic E-state index is 0.498. The molecule has 1 aliphatic heterocycles. The monoisotopic (exact) mass is 273 g/mol. The molecule has 1 aliphatic rings. The Balaban J connectivity index is 2.02. The minimum absolute atomic E-state index is 0.498. The van der Waals surface area contributed by atoms with Crippen molar-refractivity contribution in [3.63, 3.8) is 0 Å². The minimum Gasteiger partial charge on any atom is -0.349 e. The number of nitrogens with one attached hydrogen (secondary N) is 1. The maximum Gasteiger partial charge on any atom is 0.157 e. The first kappa shape index (κ1) is 13.4. The van der Waals surface area contributed by atoms with E-state index in [4.69, 9.17) is 0 Å². The molecule has 0 aliphatic carbocycles. The summed E-state index contributed by atoms with van der Waals surface area (Å²) in [4.78, 5) is 11.6. The summed E-state index contributed by atoms with van der Waals surface area (Å²) in [6.45, 7) is 6.51. The maximum atomic E-state index is 4.63. The Kier molecular flexibility index (Phi) is 3.61. The summed E-state index contributed by atoms with van der Waals surface area (Å²) < 4.78 is 2.06. The lowest BCUT2D eigenvalue weighted by Crippen LogP contribution is -2.56. The number of pyridine rings is 1. The molecular weight excluding hydrogens is 250 g/mol. The van der Waals surface area contributed by atoms with E-state index in [-0.39, 0.29) is 0 Å². The third-order valence-corrected chi connectivity index (χ3v) is 4.36. The van der Waals surface area contributed by atoms with Crippen molar-refractivity contribution in [3.05, 3.63) is 18.6 Å². The van der Waals surface area contributed by atoms with Gasteiger partial charge in [-0.1, -0.05) is 13.8 Å². The van der Waals surface area contributed by atoms with Gasteiger partial charge in [0.15, 0.2) is 5.82 Å². The van der Waals surface area contributed by atoms with Crippen LogP contribution in [-0.2, 0) is 7.05 Å². The molecule has 1 N–H and O–H groups in total. The molecule has 0 aromatic carbocycles. The molecule has 3 rings (SSSR count). The summed E-state index contributed by atoms with van der Waals surface area (Å²) in [5.74, 6) is 1.04. The SMILES string of the molecule is CCC1CN(c2nccc3c2ncn3C)C(CC)CN1. The van der Waals surface area contributed by atoms with Gasteiger partial charge in [-0.05, 0) is 18.9 Å². The highest BCUT2D eigenvalue weighted by Gasteiger charge is 2.28. The number of anilines is 1. The fourth-order valence-corrected chi connectivity index (χ4v) is 3.02. The molecule has 2 unspecified atom stereocenters. The van der Waals surface area contributed by atoms with Crippen LogP contribution in [0.3, 0.4) is 0 Å². The predicted octanol–water partition coefficient (Wildman–Crippen LogP) is 1.94. The van der Waals surface area contributed by atoms with Gasteiger partial charge in [0.25, 0.3) is 0 Å². The normalized spacial score (nSPS) is 23.4. The van der Waals surface area contributed by atoms with E-state index in [0.29, 0.717) is 12.1 Å². The van der Waals surface area contributed by atoms with Gasteiger partial charge < -0.3 is 14.8 Å². The Morgan fingerprint density at radius 3 is 2.90 bits per heavy atom. The number of hydrogen-bond donors (Lipinski definition) is 1. The topological polar surface area (TPSA) is 46.0 Å². The van der Waals surface area contributed by atoms with E-state index in [2.05, 4.69) is 38.6 Å². The third kappa shape index (κ3) is 2.16. The molecule has 108 valence electrons. The second kappa shape index (κ2) is 5.40. The first-order valence-corrected chi connectivity index (χ1v) is 7.50. The molecule has 20 heavy (non-hydrogen) atoms. The van der Waals surface area contributed by atoms with Crippen LogP contribution in [0, 0.1) is 0 Å². The van der Waals surface area contributed by atoms with E-state index in [1.54, 1.807) is 0 Å². The van der Waals surface area contributed by atoms with Gasteiger partial charge in [0.1, 0.15) is 5.52 Å². The van der Waals surface area contributed by atoms with Crippen LogP contribution in [0.1, 0.15) is 26.7 Å². The second-order valence-electron chi connectivity index (χ2n) is 5.59. The molecule has 1 fully saturated rings. The van der Waals surface area contributed by atoms with Gasteiger partial charge in [-0.15, -0.1) is 0 Å². The van der Waals surface area contributed by atoms with Gasteiger partial charge in [0.05, 0.1) is 11.8 Å². The first-order valence-electron chi connectivity index (χ1n) is 7.50. The van der Waals surface area contributed by atoms with Crippen LogP contribution in [0.5, 0.6) is 0 Å². The van der Waals surface area contributed by atoms with Gasteiger partial charge in [-0.25, -0.2) is 9.97 Å². The average molecular weight is 273 g/mol. The molecule has 0 saturated carbocycles. The zero-order chi connectivity index (χ0) is 14.1. The Bertz CT molecular complexity index is 591. The Morgan fingerprint density at radius 1 is 1.30 bits per heavy atom. The van der Waals surface area contributed by atoms with E-state index < -0.39 is 0 Å². The van der Waals surface area contributed by atoms with Crippen LogP contribution in [-0.4, -0.2) is 39.7 Å². The van der Waals surface area contributed by atoms with E-state index >= 15 is 0 Å². The van der Waals surface area contributed by atoms with E-state index in [9.17, 15) is 0 Å². The first-order chi connectivity index (χ1) is 9.74. The third-order valence-electron chi connectivity index (χ3n) is 4.36. The maximum absolute atomic E-state index is 4.63. The molecule has 5 nitrogen and oxygen atoms in total. The van der Waals surface area contributed by atoms with Crippen molar-refractivity contribution in [2.75, 3.05) is 18.0 Å². The fourth-order valence-electron chi connectivity index (χ4n) is 3.02. The van der Waals surface area contributed by atoms with Crippen molar-refractivity contribution in [2.24, 2.45) is 7.05 Å². The summed E-state index contributed by atoms with van der Waals surface area (Å²) in [5.41, 5.74) is 2.17. The fraction of sp³-hybridized carbons (Fsp3) is 0.600. The number of piperazine rings is 1. The molecule has 0 radical (unpaired) electrons. The summed E-state index contributed by atoms with van der Waals surface area (Å²) >= 11 is 0. The Labute approximate surface area is 120 Å². The van der Waals surface area contributed by atoms with Gasteiger partial charge >= 0.3 is 0 Å². The average Bonchev–Trinajstić information content (AvgIpc) is 2.88. The van der Waals surface area contributed by atoms with Gasteiger partial charge in [0.2, 0.25) is 0 Å². The zero-order valence-corrected chi connectivity index (χ0v) is 12.5. The molecule has 2 aromatic heterocycles. The highest BCUT2D eigenvalue weighted by Crippen LogP contribution is 2.26. The predicted molar refractivity (Wildman–Crippen MR) is 82.0 cm³/mol. The number of fused-ring (bicyclic) bond motifs is 1. The standard InChI is InChI=1S/C15H23N5/c1-4-11-9-20(12(5-2)8-17-11)15-14-13(6-7-16-15)19(3)10-18-14/h6-7,10-12,17H,4-5,8-9H2,1-3H3.